The first kappa shape index (κ1) is 14.8. The molecule has 1 aromatic carbocycles. The van der Waals surface area contributed by atoms with Crippen molar-refractivity contribution in [2.24, 2.45) is 0 Å². The van der Waals surface area contributed by atoms with Crippen molar-refractivity contribution in [2.45, 2.75) is 32.4 Å². The van der Waals surface area contributed by atoms with E-state index in [9.17, 15) is 4.79 Å². The Kier molecular flexibility index (Phi) is 5.25. The lowest BCUT2D eigenvalue weighted by molar-refractivity contribution is -0.127. The smallest absolute Gasteiger partial charge is 0.222 e. The van der Waals surface area contributed by atoms with Crippen LogP contribution in [0.4, 0.5) is 0 Å². The summed E-state index contributed by atoms with van der Waals surface area (Å²) in [6, 6.07) is 6.22. The van der Waals surface area contributed by atoms with Gasteiger partial charge < -0.3 is 10.2 Å². The number of nitrogens with one attached hydrogen (secondary N) is 1. The van der Waals surface area contributed by atoms with E-state index in [1.807, 2.05) is 23.1 Å². The second-order valence-electron chi connectivity index (χ2n) is 4.97. The lowest BCUT2D eigenvalue weighted by Crippen LogP contribution is -2.39. The number of hydrogen-bond donors (Lipinski definition) is 1. The van der Waals surface area contributed by atoms with Crippen molar-refractivity contribution in [3.05, 3.63) is 33.3 Å². The highest BCUT2D eigenvalue weighted by molar-refractivity contribution is 9.10. The SMILES string of the molecule is CC(CN1CCCC1=O)NCc1ccc(Br)c(Cl)c1. The van der Waals surface area contributed by atoms with Gasteiger partial charge >= 0.3 is 0 Å². The Morgan fingerprint density at radius 2 is 2.32 bits per heavy atom. The van der Waals surface area contributed by atoms with Gasteiger partial charge in [0, 0.05) is 36.6 Å². The summed E-state index contributed by atoms with van der Waals surface area (Å²) in [6.07, 6.45) is 1.70. The van der Waals surface area contributed by atoms with Gasteiger partial charge in [-0.05, 0) is 47.0 Å². The summed E-state index contributed by atoms with van der Waals surface area (Å²) in [6.45, 7) is 4.54. The third-order valence-electron chi connectivity index (χ3n) is 3.30. The van der Waals surface area contributed by atoms with E-state index in [2.05, 4.69) is 28.2 Å². The molecule has 1 heterocycles. The number of nitrogens with zero attached hydrogens (tertiary/aromatic N) is 1. The number of amides is 1. The number of carbonyl (C=O) groups excluding carboxylic acids is 1. The summed E-state index contributed by atoms with van der Waals surface area (Å²) in [5.74, 6) is 0.278. The third-order valence-corrected chi connectivity index (χ3v) is 4.54. The molecule has 1 atom stereocenters. The van der Waals surface area contributed by atoms with E-state index in [-0.39, 0.29) is 11.9 Å². The first-order chi connectivity index (χ1) is 9.06. The van der Waals surface area contributed by atoms with Crippen LogP contribution in [0.15, 0.2) is 22.7 Å². The van der Waals surface area contributed by atoms with E-state index in [0.717, 1.165) is 41.1 Å². The summed E-state index contributed by atoms with van der Waals surface area (Å²) in [7, 11) is 0. The zero-order valence-corrected chi connectivity index (χ0v) is 13.3. The minimum absolute atomic E-state index is 0.278. The number of hydrogen-bond acceptors (Lipinski definition) is 2. The number of carbonyl (C=O) groups is 1. The molecule has 0 saturated carbocycles. The molecule has 1 saturated heterocycles. The van der Waals surface area contributed by atoms with Gasteiger partial charge in [0.1, 0.15) is 0 Å². The summed E-state index contributed by atoms with van der Waals surface area (Å²) in [4.78, 5) is 13.5. The van der Waals surface area contributed by atoms with Crippen LogP contribution >= 0.6 is 27.5 Å². The van der Waals surface area contributed by atoms with Gasteiger partial charge in [0.25, 0.3) is 0 Å². The van der Waals surface area contributed by atoms with Crippen LogP contribution < -0.4 is 5.32 Å². The highest BCUT2D eigenvalue weighted by Gasteiger charge is 2.21. The van der Waals surface area contributed by atoms with Crippen molar-refractivity contribution in [1.29, 1.82) is 0 Å². The van der Waals surface area contributed by atoms with Gasteiger partial charge in [-0.2, -0.15) is 0 Å². The summed E-state index contributed by atoms with van der Waals surface area (Å²) < 4.78 is 0.911. The standard InChI is InChI=1S/C14H18BrClN2O/c1-10(9-18-6-2-3-14(18)19)17-8-11-4-5-12(15)13(16)7-11/h4-5,7,10,17H,2-3,6,8-9H2,1H3. The predicted molar refractivity (Wildman–Crippen MR) is 81.3 cm³/mol. The maximum absolute atomic E-state index is 11.5. The first-order valence-electron chi connectivity index (χ1n) is 6.51. The molecule has 0 spiro atoms. The molecule has 1 fully saturated rings. The molecular formula is C14H18BrClN2O. The van der Waals surface area contributed by atoms with Crippen molar-refractivity contribution >= 4 is 33.4 Å². The molecule has 0 bridgehead atoms. The monoisotopic (exact) mass is 344 g/mol. The number of halogens is 2. The van der Waals surface area contributed by atoms with Crippen molar-refractivity contribution in [2.75, 3.05) is 13.1 Å². The molecule has 0 radical (unpaired) electrons. The number of benzene rings is 1. The first-order valence-corrected chi connectivity index (χ1v) is 7.68. The Morgan fingerprint density at radius 1 is 1.53 bits per heavy atom. The quantitative estimate of drug-likeness (QED) is 0.889. The van der Waals surface area contributed by atoms with Crippen LogP contribution in [0, 0.1) is 0 Å². The number of likely N-dealkylation sites (tertiary alicyclic amines) is 1. The molecular weight excluding hydrogens is 328 g/mol. The van der Waals surface area contributed by atoms with E-state index >= 15 is 0 Å². The lowest BCUT2D eigenvalue weighted by Gasteiger charge is -2.21. The van der Waals surface area contributed by atoms with Gasteiger partial charge in [0.05, 0.1) is 5.02 Å². The van der Waals surface area contributed by atoms with Crippen LogP contribution in [-0.2, 0) is 11.3 Å². The zero-order valence-electron chi connectivity index (χ0n) is 11.0. The van der Waals surface area contributed by atoms with E-state index < -0.39 is 0 Å². The second kappa shape index (κ2) is 6.73. The third kappa shape index (κ3) is 4.20. The zero-order chi connectivity index (χ0) is 13.8. The molecule has 2 rings (SSSR count). The van der Waals surface area contributed by atoms with Crippen LogP contribution in [-0.4, -0.2) is 29.9 Å². The topological polar surface area (TPSA) is 32.3 Å². The highest BCUT2D eigenvalue weighted by atomic mass is 79.9. The fourth-order valence-electron chi connectivity index (χ4n) is 2.23. The van der Waals surface area contributed by atoms with Crippen molar-refractivity contribution in [1.82, 2.24) is 10.2 Å². The van der Waals surface area contributed by atoms with Crippen LogP contribution in [0.1, 0.15) is 25.3 Å². The van der Waals surface area contributed by atoms with Gasteiger partial charge in [0.15, 0.2) is 0 Å². The molecule has 1 unspecified atom stereocenters. The van der Waals surface area contributed by atoms with Crippen molar-refractivity contribution < 1.29 is 4.79 Å². The molecule has 3 nitrogen and oxygen atoms in total. The number of rotatable bonds is 5. The van der Waals surface area contributed by atoms with Crippen LogP contribution in [0.25, 0.3) is 0 Å². The lowest BCUT2D eigenvalue weighted by atomic mass is 10.2. The van der Waals surface area contributed by atoms with Gasteiger partial charge in [-0.3, -0.25) is 4.79 Å². The second-order valence-corrected chi connectivity index (χ2v) is 6.24. The summed E-state index contributed by atoms with van der Waals surface area (Å²) in [5.41, 5.74) is 1.15. The molecule has 0 aromatic heterocycles. The van der Waals surface area contributed by atoms with E-state index in [1.54, 1.807) is 0 Å². The Morgan fingerprint density at radius 3 is 2.95 bits per heavy atom. The molecule has 1 amide bonds. The maximum Gasteiger partial charge on any atom is 0.222 e. The van der Waals surface area contributed by atoms with Gasteiger partial charge in [0.2, 0.25) is 5.91 Å². The fraction of sp³-hybridized carbons (Fsp3) is 0.500. The van der Waals surface area contributed by atoms with E-state index in [4.69, 9.17) is 11.6 Å². The summed E-state index contributed by atoms with van der Waals surface area (Å²) in [5, 5.41) is 4.15. The molecule has 19 heavy (non-hydrogen) atoms. The van der Waals surface area contributed by atoms with Gasteiger partial charge in [-0.25, -0.2) is 0 Å². The van der Waals surface area contributed by atoms with Gasteiger partial charge in [-0.15, -0.1) is 0 Å². The molecule has 0 aliphatic carbocycles. The van der Waals surface area contributed by atoms with Crippen molar-refractivity contribution in [3.63, 3.8) is 0 Å². The Bertz CT molecular complexity index is 467. The minimum atomic E-state index is 0.278. The Balaban J connectivity index is 1.81. The largest absolute Gasteiger partial charge is 0.341 e. The molecule has 1 N–H and O–H groups in total. The predicted octanol–water partition coefficient (Wildman–Crippen LogP) is 3.20. The molecule has 104 valence electrons. The van der Waals surface area contributed by atoms with Crippen LogP contribution in [0.2, 0.25) is 5.02 Å². The van der Waals surface area contributed by atoms with Gasteiger partial charge in [-0.1, -0.05) is 17.7 Å². The Labute approximate surface area is 127 Å². The average molecular weight is 346 g/mol. The van der Waals surface area contributed by atoms with Crippen LogP contribution in [0.3, 0.4) is 0 Å². The summed E-state index contributed by atoms with van der Waals surface area (Å²) >= 11 is 9.44. The Hall–Kier alpha value is -0.580. The molecule has 1 aromatic rings. The maximum atomic E-state index is 11.5. The average Bonchev–Trinajstić information content (AvgIpc) is 2.77. The molecule has 1 aliphatic heterocycles. The normalized spacial score (nSPS) is 17.0. The highest BCUT2D eigenvalue weighted by Crippen LogP contribution is 2.23. The van der Waals surface area contributed by atoms with E-state index in [0.29, 0.717) is 6.42 Å². The van der Waals surface area contributed by atoms with Crippen LogP contribution in [0.5, 0.6) is 0 Å². The molecule has 5 heteroatoms. The fourth-order valence-corrected chi connectivity index (χ4v) is 2.68. The van der Waals surface area contributed by atoms with Crippen molar-refractivity contribution in [3.8, 4) is 0 Å². The minimum Gasteiger partial charge on any atom is -0.341 e. The molecule has 1 aliphatic rings. The van der Waals surface area contributed by atoms with E-state index in [1.165, 1.54) is 0 Å².